The van der Waals surface area contributed by atoms with Gasteiger partial charge in [-0.2, -0.15) is 0 Å². The van der Waals surface area contributed by atoms with E-state index in [0.717, 1.165) is 23.2 Å². The van der Waals surface area contributed by atoms with E-state index in [4.69, 9.17) is 15.2 Å². The number of nitrogens with zero attached hydrogens (tertiary/aromatic N) is 1. The van der Waals surface area contributed by atoms with Crippen LogP contribution in [-0.2, 0) is 22.4 Å². The first-order chi connectivity index (χ1) is 14.7. The number of carbonyl (C=O) groups is 2. The highest BCUT2D eigenvalue weighted by molar-refractivity contribution is 5.98. The standard InChI is InChI=1S/C25H32N2O4/c1-16(2)15-30-25(29)31-21-10-9-19(18(4)12-21)13-22(26)24(28)27-14-17(3)11-20-7-5-6-8-23(20)27/h5-10,12,16-17,22H,11,13-15,26H2,1-4H3/t17?,22-/m0/s1. The average molecular weight is 425 g/mol. The second-order valence-electron chi connectivity index (χ2n) is 8.84. The van der Waals surface area contributed by atoms with Crippen LogP contribution in [-0.4, -0.2) is 31.3 Å². The van der Waals surface area contributed by atoms with Crippen molar-refractivity contribution in [2.45, 2.75) is 46.6 Å². The van der Waals surface area contributed by atoms with E-state index >= 15 is 0 Å². The van der Waals surface area contributed by atoms with Crippen molar-refractivity contribution in [3.05, 3.63) is 59.2 Å². The molecule has 6 nitrogen and oxygen atoms in total. The van der Waals surface area contributed by atoms with Gasteiger partial charge in [0.2, 0.25) is 5.91 Å². The Morgan fingerprint density at radius 1 is 1.19 bits per heavy atom. The number of fused-ring (bicyclic) bond motifs is 1. The molecule has 0 spiro atoms. The maximum Gasteiger partial charge on any atom is 0.513 e. The van der Waals surface area contributed by atoms with E-state index in [2.05, 4.69) is 13.0 Å². The van der Waals surface area contributed by atoms with Gasteiger partial charge in [0, 0.05) is 12.2 Å². The summed E-state index contributed by atoms with van der Waals surface area (Å²) in [5.74, 6) is 0.967. The van der Waals surface area contributed by atoms with Crippen molar-refractivity contribution in [3.63, 3.8) is 0 Å². The molecule has 0 fully saturated rings. The van der Waals surface area contributed by atoms with Gasteiger partial charge in [-0.3, -0.25) is 4.79 Å². The first-order valence-corrected chi connectivity index (χ1v) is 10.8. The monoisotopic (exact) mass is 424 g/mol. The van der Waals surface area contributed by atoms with E-state index in [0.29, 0.717) is 31.2 Å². The van der Waals surface area contributed by atoms with Gasteiger partial charge in [0.25, 0.3) is 0 Å². The molecule has 0 aromatic heterocycles. The summed E-state index contributed by atoms with van der Waals surface area (Å²) in [6.07, 6.45) is 0.663. The molecule has 2 atom stereocenters. The molecule has 1 heterocycles. The summed E-state index contributed by atoms with van der Waals surface area (Å²) < 4.78 is 10.3. The van der Waals surface area contributed by atoms with E-state index in [-0.39, 0.29) is 11.8 Å². The lowest BCUT2D eigenvalue weighted by Gasteiger charge is -2.34. The molecule has 1 aliphatic heterocycles. The number of benzene rings is 2. The highest BCUT2D eigenvalue weighted by Crippen LogP contribution is 2.30. The fraction of sp³-hybridized carbons (Fsp3) is 0.440. The molecule has 1 aliphatic rings. The van der Waals surface area contributed by atoms with Gasteiger partial charge in [0.05, 0.1) is 12.6 Å². The van der Waals surface area contributed by atoms with Gasteiger partial charge >= 0.3 is 6.16 Å². The summed E-state index contributed by atoms with van der Waals surface area (Å²) in [6.45, 7) is 8.96. The summed E-state index contributed by atoms with van der Waals surface area (Å²) in [7, 11) is 0. The van der Waals surface area contributed by atoms with Gasteiger partial charge < -0.3 is 20.1 Å². The fourth-order valence-electron chi connectivity index (χ4n) is 3.85. The van der Waals surface area contributed by atoms with Crippen LogP contribution in [0.5, 0.6) is 5.75 Å². The number of rotatable bonds is 6. The first-order valence-electron chi connectivity index (χ1n) is 10.8. The van der Waals surface area contributed by atoms with Gasteiger partial charge in [-0.15, -0.1) is 0 Å². The fourth-order valence-corrected chi connectivity index (χ4v) is 3.85. The Labute approximate surface area is 184 Å². The van der Waals surface area contributed by atoms with Crippen LogP contribution in [0.4, 0.5) is 10.5 Å². The lowest BCUT2D eigenvalue weighted by atomic mass is 9.92. The van der Waals surface area contributed by atoms with Crippen LogP contribution in [0.1, 0.15) is 37.5 Å². The van der Waals surface area contributed by atoms with Crippen LogP contribution in [0.15, 0.2) is 42.5 Å². The molecular weight excluding hydrogens is 392 g/mol. The van der Waals surface area contributed by atoms with Gasteiger partial charge in [0.15, 0.2) is 0 Å². The lowest BCUT2D eigenvalue weighted by molar-refractivity contribution is -0.120. The van der Waals surface area contributed by atoms with Crippen molar-refractivity contribution >= 4 is 17.7 Å². The van der Waals surface area contributed by atoms with Crippen LogP contribution < -0.4 is 15.4 Å². The van der Waals surface area contributed by atoms with E-state index in [1.807, 2.05) is 49.9 Å². The zero-order valence-corrected chi connectivity index (χ0v) is 18.8. The Balaban J connectivity index is 1.66. The van der Waals surface area contributed by atoms with Gasteiger partial charge in [-0.05, 0) is 66.5 Å². The minimum absolute atomic E-state index is 0.0732. The Kier molecular flexibility index (Phi) is 7.33. The molecule has 2 N–H and O–H groups in total. The smallest absolute Gasteiger partial charge is 0.434 e. The number of carbonyl (C=O) groups excluding carboxylic acids is 2. The molecule has 0 aliphatic carbocycles. The number of para-hydroxylation sites is 1. The van der Waals surface area contributed by atoms with Gasteiger partial charge in [-0.1, -0.05) is 45.0 Å². The largest absolute Gasteiger partial charge is 0.513 e. The molecule has 0 saturated heterocycles. The molecule has 31 heavy (non-hydrogen) atoms. The van der Waals surface area contributed by atoms with E-state index < -0.39 is 12.2 Å². The molecule has 2 aromatic rings. The number of hydrogen-bond donors (Lipinski definition) is 1. The molecular formula is C25H32N2O4. The zero-order valence-electron chi connectivity index (χ0n) is 18.8. The van der Waals surface area contributed by atoms with Crippen molar-refractivity contribution in [2.24, 2.45) is 17.6 Å². The topological polar surface area (TPSA) is 81.9 Å². The predicted molar refractivity (Wildman–Crippen MR) is 121 cm³/mol. The van der Waals surface area contributed by atoms with Crippen LogP contribution >= 0.6 is 0 Å². The number of ether oxygens (including phenoxy) is 2. The molecule has 3 rings (SSSR count). The minimum atomic E-state index is -0.717. The molecule has 2 aromatic carbocycles. The number of hydrogen-bond acceptors (Lipinski definition) is 5. The Bertz CT molecular complexity index is 941. The van der Waals surface area contributed by atoms with E-state index in [9.17, 15) is 9.59 Å². The minimum Gasteiger partial charge on any atom is -0.434 e. The van der Waals surface area contributed by atoms with Crippen LogP contribution in [0.2, 0.25) is 0 Å². The number of anilines is 1. The quantitative estimate of drug-likeness (QED) is 0.553. The van der Waals surface area contributed by atoms with E-state index in [1.54, 1.807) is 12.1 Å². The third-order valence-corrected chi connectivity index (χ3v) is 5.42. The number of nitrogens with two attached hydrogens (primary N) is 1. The molecule has 1 amide bonds. The highest BCUT2D eigenvalue weighted by atomic mass is 16.7. The average Bonchev–Trinajstić information content (AvgIpc) is 2.73. The van der Waals surface area contributed by atoms with Crippen molar-refractivity contribution in [3.8, 4) is 5.75 Å². The van der Waals surface area contributed by atoms with Crippen LogP contribution in [0.25, 0.3) is 0 Å². The maximum absolute atomic E-state index is 13.2. The van der Waals surface area contributed by atoms with Crippen LogP contribution in [0.3, 0.4) is 0 Å². The second-order valence-corrected chi connectivity index (χ2v) is 8.84. The summed E-state index contributed by atoms with van der Waals surface area (Å²) in [5, 5.41) is 0. The highest BCUT2D eigenvalue weighted by Gasteiger charge is 2.29. The van der Waals surface area contributed by atoms with Crippen molar-refractivity contribution in [1.82, 2.24) is 0 Å². The van der Waals surface area contributed by atoms with Gasteiger partial charge in [-0.25, -0.2) is 4.79 Å². The Hall–Kier alpha value is -2.86. The Morgan fingerprint density at radius 3 is 2.65 bits per heavy atom. The third-order valence-electron chi connectivity index (χ3n) is 5.42. The molecule has 1 unspecified atom stereocenters. The maximum atomic E-state index is 13.2. The molecule has 166 valence electrons. The van der Waals surface area contributed by atoms with Gasteiger partial charge in [0.1, 0.15) is 5.75 Å². The molecule has 0 radical (unpaired) electrons. The molecule has 0 saturated carbocycles. The summed E-state index contributed by atoms with van der Waals surface area (Å²) >= 11 is 0. The second kappa shape index (κ2) is 9.96. The molecule has 0 bridgehead atoms. The first kappa shape index (κ1) is 22.8. The predicted octanol–water partition coefficient (Wildman–Crippen LogP) is 4.26. The SMILES string of the molecule is Cc1cc(OC(=O)OCC(C)C)ccc1C[C@H](N)C(=O)N1CC(C)Cc2ccccc21. The van der Waals surface area contributed by atoms with Crippen molar-refractivity contribution in [2.75, 3.05) is 18.1 Å². The Morgan fingerprint density at radius 2 is 1.94 bits per heavy atom. The number of amides is 1. The van der Waals surface area contributed by atoms with Crippen LogP contribution in [0, 0.1) is 18.8 Å². The summed E-state index contributed by atoms with van der Waals surface area (Å²) in [5.41, 5.74) is 10.3. The summed E-state index contributed by atoms with van der Waals surface area (Å²) in [4.78, 5) is 26.8. The van der Waals surface area contributed by atoms with Crippen molar-refractivity contribution < 1.29 is 19.1 Å². The molecule has 6 heteroatoms. The van der Waals surface area contributed by atoms with E-state index in [1.165, 1.54) is 5.56 Å². The number of aryl methyl sites for hydroxylation is 1. The normalized spacial score (nSPS) is 16.6. The third kappa shape index (κ3) is 5.85. The lowest BCUT2D eigenvalue weighted by Crippen LogP contribution is -2.48. The van der Waals surface area contributed by atoms with Crippen molar-refractivity contribution in [1.29, 1.82) is 0 Å². The zero-order chi connectivity index (χ0) is 22.5. The summed E-state index contributed by atoms with van der Waals surface area (Å²) in [6, 6.07) is 12.7.